The molecule has 4 nitrogen and oxygen atoms in total. The summed E-state index contributed by atoms with van der Waals surface area (Å²) in [7, 11) is -3.56. The standard InChI is InChI=1S/C13H20ClNO3S/c1-9(7-10(2)16)8-15-19(17,18)13-6-4-5-12(14)11(13)3/h4-6,9-10,15-16H,7-8H2,1-3H3. The molecule has 1 rings (SSSR count). The third-order valence-electron chi connectivity index (χ3n) is 2.87. The van der Waals surface area contributed by atoms with E-state index in [0.29, 0.717) is 23.6 Å². The summed E-state index contributed by atoms with van der Waals surface area (Å²) in [5, 5.41) is 9.69. The molecule has 0 aliphatic heterocycles. The van der Waals surface area contributed by atoms with Crippen molar-refractivity contribution in [1.29, 1.82) is 0 Å². The summed E-state index contributed by atoms with van der Waals surface area (Å²) in [6.07, 6.45) is 0.115. The van der Waals surface area contributed by atoms with Crippen LogP contribution < -0.4 is 4.72 Å². The van der Waals surface area contributed by atoms with Gasteiger partial charge in [-0.3, -0.25) is 0 Å². The van der Waals surface area contributed by atoms with Crippen molar-refractivity contribution in [2.75, 3.05) is 6.54 Å². The first-order valence-electron chi connectivity index (χ1n) is 6.17. The zero-order chi connectivity index (χ0) is 14.6. The molecule has 1 aromatic carbocycles. The Balaban J connectivity index is 2.79. The van der Waals surface area contributed by atoms with E-state index in [0.717, 1.165) is 0 Å². The van der Waals surface area contributed by atoms with E-state index < -0.39 is 16.1 Å². The van der Waals surface area contributed by atoms with Crippen molar-refractivity contribution >= 4 is 21.6 Å². The van der Waals surface area contributed by atoms with Gasteiger partial charge in [0.05, 0.1) is 11.0 Å². The van der Waals surface area contributed by atoms with Gasteiger partial charge in [0, 0.05) is 11.6 Å². The van der Waals surface area contributed by atoms with Gasteiger partial charge in [-0.25, -0.2) is 13.1 Å². The van der Waals surface area contributed by atoms with Crippen LogP contribution in [0.15, 0.2) is 23.1 Å². The molecule has 0 aliphatic rings. The highest BCUT2D eigenvalue weighted by Gasteiger charge is 2.19. The largest absolute Gasteiger partial charge is 0.393 e. The van der Waals surface area contributed by atoms with Gasteiger partial charge >= 0.3 is 0 Å². The average Bonchev–Trinajstić information content (AvgIpc) is 2.29. The van der Waals surface area contributed by atoms with Crippen LogP contribution in [0.4, 0.5) is 0 Å². The molecule has 0 saturated heterocycles. The molecule has 2 N–H and O–H groups in total. The molecule has 0 spiro atoms. The molecule has 1 aromatic rings. The van der Waals surface area contributed by atoms with Crippen molar-refractivity contribution in [2.24, 2.45) is 5.92 Å². The van der Waals surface area contributed by atoms with Gasteiger partial charge in [0.25, 0.3) is 0 Å². The van der Waals surface area contributed by atoms with Crippen molar-refractivity contribution in [3.63, 3.8) is 0 Å². The molecule has 19 heavy (non-hydrogen) atoms. The second-order valence-electron chi connectivity index (χ2n) is 4.90. The third-order valence-corrected chi connectivity index (χ3v) is 4.85. The van der Waals surface area contributed by atoms with Crippen molar-refractivity contribution in [2.45, 2.75) is 38.2 Å². The van der Waals surface area contributed by atoms with E-state index in [2.05, 4.69) is 4.72 Å². The van der Waals surface area contributed by atoms with Crippen molar-refractivity contribution in [3.8, 4) is 0 Å². The number of halogens is 1. The van der Waals surface area contributed by atoms with E-state index >= 15 is 0 Å². The molecular formula is C13H20ClNO3S. The molecule has 0 amide bonds. The van der Waals surface area contributed by atoms with Gasteiger partial charge in [0.2, 0.25) is 10.0 Å². The zero-order valence-corrected chi connectivity index (χ0v) is 12.9. The van der Waals surface area contributed by atoms with Gasteiger partial charge in [0.1, 0.15) is 0 Å². The fourth-order valence-electron chi connectivity index (χ4n) is 1.87. The van der Waals surface area contributed by atoms with E-state index in [1.807, 2.05) is 6.92 Å². The summed E-state index contributed by atoms with van der Waals surface area (Å²) in [5.41, 5.74) is 0.542. The van der Waals surface area contributed by atoms with E-state index in [-0.39, 0.29) is 10.8 Å². The number of benzene rings is 1. The Labute approximate surface area is 119 Å². The van der Waals surface area contributed by atoms with E-state index in [1.54, 1.807) is 26.0 Å². The van der Waals surface area contributed by atoms with Crippen LogP contribution in [0.25, 0.3) is 0 Å². The Bertz CT molecular complexity index is 529. The summed E-state index contributed by atoms with van der Waals surface area (Å²) >= 11 is 5.93. The maximum Gasteiger partial charge on any atom is 0.240 e. The minimum atomic E-state index is -3.56. The molecule has 0 heterocycles. The van der Waals surface area contributed by atoms with Gasteiger partial charge in [-0.15, -0.1) is 0 Å². The number of sulfonamides is 1. The number of hydrogen-bond acceptors (Lipinski definition) is 3. The minimum absolute atomic E-state index is 0.0641. The fourth-order valence-corrected chi connectivity index (χ4v) is 3.53. The first kappa shape index (κ1) is 16.4. The maximum absolute atomic E-state index is 12.2. The molecule has 0 bridgehead atoms. The molecule has 0 radical (unpaired) electrons. The summed E-state index contributed by atoms with van der Waals surface area (Å²) in [6.45, 7) is 5.54. The molecule has 108 valence electrons. The molecule has 2 atom stereocenters. The van der Waals surface area contributed by atoms with Crippen molar-refractivity contribution in [3.05, 3.63) is 28.8 Å². The van der Waals surface area contributed by atoms with Crippen LogP contribution in [0.3, 0.4) is 0 Å². The van der Waals surface area contributed by atoms with Crippen molar-refractivity contribution < 1.29 is 13.5 Å². The molecule has 0 saturated carbocycles. The van der Waals surface area contributed by atoms with E-state index in [9.17, 15) is 13.5 Å². The number of hydrogen-bond donors (Lipinski definition) is 2. The van der Waals surface area contributed by atoms with Crippen LogP contribution in [0.1, 0.15) is 25.8 Å². The summed E-state index contributed by atoms with van der Waals surface area (Å²) in [4.78, 5) is 0.198. The Morgan fingerprint density at radius 3 is 2.58 bits per heavy atom. The normalized spacial score (nSPS) is 15.2. The number of nitrogens with one attached hydrogen (secondary N) is 1. The second kappa shape index (κ2) is 6.70. The monoisotopic (exact) mass is 305 g/mol. The topological polar surface area (TPSA) is 66.4 Å². The van der Waals surface area contributed by atoms with Crippen LogP contribution in [-0.4, -0.2) is 26.2 Å². The highest BCUT2D eigenvalue weighted by molar-refractivity contribution is 7.89. The zero-order valence-electron chi connectivity index (χ0n) is 11.4. The number of aliphatic hydroxyl groups is 1. The van der Waals surface area contributed by atoms with E-state index in [4.69, 9.17) is 11.6 Å². The van der Waals surface area contributed by atoms with Crippen molar-refractivity contribution in [1.82, 2.24) is 4.72 Å². The Hall–Kier alpha value is -0.620. The van der Waals surface area contributed by atoms with Crippen LogP contribution in [0, 0.1) is 12.8 Å². The van der Waals surface area contributed by atoms with Gasteiger partial charge in [-0.1, -0.05) is 24.6 Å². The van der Waals surface area contributed by atoms with Gasteiger partial charge in [-0.2, -0.15) is 0 Å². The predicted octanol–water partition coefficient (Wildman–Crippen LogP) is 2.33. The summed E-state index contributed by atoms with van der Waals surface area (Å²) in [5.74, 6) is 0.0641. The fraction of sp³-hybridized carbons (Fsp3) is 0.538. The molecular weight excluding hydrogens is 286 g/mol. The van der Waals surface area contributed by atoms with Crippen LogP contribution in [0.2, 0.25) is 5.02 Å². The lowest BCUT2D eigenvalue weighted by Crippen LogP contribution is -2.30. The van der Waals surface area contributed by atoms with Gasteiger partial charge < -0.3 is 5.11 Å². The van der Waals surface area contributed by atoms with Crippen LogP contribution in [0.5, 0.6) is 0 Å². The lowest BCUT2D eigenvalue weighted by Gasteiger charge is -2.15. The molecule has 0 aromatic heterocycles. The SMILES string of the molecule is Cc1c(Cl)cccc1S(=O)(=O)NCC(C)CC(C)O. The lowest BCUT2D eigenvalue weighted by atomic mass is 10.1. The summed E-state index contributed by atoms with van der Waals surface area (Å²) in [6, 6.07) is 4.80. The van der Waals surface area contributed by atoms with Gasteiger partial charge in [-0.05, 0) is 43.9 Å². The molecule has 0 aliphatic carbocycles. The van der Waals surface area contributed by atoms with E-state index in [1.165, 1.54) is 6.07 Å². The average molecular weight is 306 g/mol. The smallest absolute Gasteiger partial charge is 0.240 e. The van der Waals surface area contributed by atoms with Crippen LogP contribution in [-0.2, 0) is 10.0 Å². The lowest BCUT2D eigenvalue weighted by molar-refractivity contribution is 0.165. The summed E-state index contributed by atoms with van der Waals surface area (Å²) < 4.78 is 26.9. The number of rotatable bonds is 6. The highest BCUT2D eigenvalue weighted by atomic mass is 35.5. The first-order valence-corrected chi connectivity index (χ1v) is 8.03. The molecule has 0 fully saturated rings. The Morgan fingerprint density at radius 2 is 2.00 bits per heavy atom. The third kappa shape index (κ3) is 4.76. The van der Waals surface area contributed by atoms with Crippen LogP contribution >= 0.6 is 11.6 Å². The molecule has 6 heteroatoms. The Kier molecular flexibility index (Phi) is 5.80. The molecule has 2 unspecified atom stereocenters. The highest BCUT2D eigenvalue weighted by Crippen LogP contribution is 2.22. The minimum Gasteiger partial charge on any atom is -0.393 e. The predicted molar refractivity (Wildman–Crippen MR) is 76.8 cm³/mol. The maximum atomic E-state index is 12.2. The first-order chi connectivity index (χ1) is 8.74. The second-order valence-corrected chi connectivity index (χ2v) is 7.05. The van der Waals surface area contributed by atoms with Gasteiger partial charge in [0.15, 0.2) is 0 Å². The number of aliphatic hydroxyl groups excluding tert-OH is 1. The quantitative estimate of drug-likeness (QED) is 0.847. The Morgan fingerprint density at radius 1 is 1.37 bits per heavy atom.